The highest BCUT2D eigenvalue weighted by molar-refractivity contribution is 5.96. The smallest absolute Gasteiger partial charge is 0.316 e. The van der Waals surface area contributed by atoms with E-state index in [2.05, 4.69) is 10.6 Å². The first kappa shape index (κ1) is 18.1. The van der Waals surface area contributed by atoms with Crippen molar-refractivity contribution in [2.24, 2.45) is 11.5 Å². The summed E-state index contributed by atoms with van der Waals surface area (Å²) < 4.78 is 25.7. The molecule has 0 aliphatic carbocycles. The van der Waals surface area contributed by atoms with Gasteiger partial charge in [0.25, 0.3) is 11.8 Å². The summed E-state index contributed by atoms with van der Waals surface area (Å²) >= 11 is 0. The second kappa shape index (κ2) is 7.61. The van der Waals surface area contributed by atoms with Crippen LogP contribution in [-0.4, -0.2) is 31.0 Å². The Bertz CT molecular complexity index is 485. The molecule has 1 aromatic carbocycles. The Hall–Kier alpha value is -1.93. The van der Waals surface area contributed by atoms with Crippen LogP contribution in [0.2, 0.25) is 0 Å². The third kappa shape index (κ3) is 5.81. The number of alkyl halides is 2. The van der Waals surface area contributed by atoms with Crippen molar-refractivity contribution in [3.05, 3.63) is 29.8 Å². The lowest BCUT2D eigenvalue weighted by molar-refractivity contribution is 0.0118. The van der Waals surface area contributed by atoms with E-state index in [9.17, 15) is 18.4 Å². The Balaban J connectivity index is 0.00000361. The first-order chi connectivity index (χ1) is 8.84. The van der Waals surface area contributed by atoms with Crippen LogP contribution in [0.25, 0.3) is 0 Å². The van der Waals surface area contributed by atoms with Gasteiger partial charge in [0, 0.05) is 11.3 Å². The van der Waals surface area contributed by atoms with Crippen LogP contribution in [0.4, 0.5) is 19.3 Å². The maximum absolute atomic E-state index is 12.9. The molecular weight excluding hydrogens is 294 g/mol. The average molecular weight is 309 g/mol. The maximum atomic E-state index is 12.9. The zero-order valence-electron chi connectivity index (χ0n) is 10.4. The van der Waals surface area contributed by atoms with E-state index in [1.807, 2.05) is 0 Å². The van der Waals surface area contributed by atoms with Gasteiger partial charge >= 0.3 is 6.03 Å². The summed E-state index contributed by atoms with van der Waals surface area (Å²) in [7, 11) is 0. The monoisotopic (exact) mass is 308 g/mol. The van der Waals surface area contributed by atoms with Crippen LogP contribution in [0.1, 0.15) is 10.4 Å². The van der Waals surface area contributed by atoms with Gasteiger partial charge in [0.1, 0.15) is 0 Å². The van der Waals surface area contributed by atoms with Gasteiger partial charge in [-0.2, -0.15) is 0 Å². The number of amides is 3. The third-order valence-corrected chi connectivity index (χ3v) is 2.20. The number of anilines is 1. The fourth-order valence-corrected chi connectivity index (χ4v) is 1.26. The highest BCUT2D eigenvalue weighted by atomic mass is 35.5. The van der Waals surface area contributed by atoms with Crippen molar-refractivity contribution in [2.45, 2.75) is 5.92 Å². The number of carbonyl (C=O) groups excluding carboxylic acids is 2. The van der Waals surface area contributed by atoms with Crippen LogP contribution in [0, 0.1) is 0 Å². The molecule has 6 N–H and O–H groups in total. The predicted molar refractivity (Wildman–Crippen MR) is 73.2 cm³/mol. The first-order valence-corrected chi connectivity index (χ1v) is 5.37. The number of nitrogens with one attached hydrogen (secondary N) is 2. The average Bonchev–Trinajstić information content (AvgIpc) is 2.35. The van der Waals surface area contributed by atoms with Crippen molar-refractivity contribution < 1.29 is 18.4 Å². The maximum Gasteiger partial charge on any atom is 0.316 e. The Kier molecular flexibility index (Phi) is 6.87. The number of urea groups is 1. The van der Waals surface area contributed by atoms with E-state index in [1.54, 1.807) is 0 Å². The molecule has 0 aliphatic heterocycles. The molecule has 1 rings (SSSR count). The Morgan fingerprint density at radius 3 is 2.50 bits per heavy atom. The zero-order chi connectivity index (χ0) is 14.5. The predicted octanol–water partition coefficient (Wildman–Crippen LogP) is 0.923. The van der Waals surface area contributed by atoms with E-state index in [4.69, 9.17) is 11.5 Å². The second-order valence-electron chi connectivity index (χ2n) is 3.81. The highest BCUT2D eigenvalue weighted by Gasteiger charge is 2.27. The molecule has 0 radical (unpaired) electrons. The van der Waals surface area contributed by atoms with Crippen molar-refractivity contribution in [3.8, 4) is 0 Å². The van der Waals surface area contributed by atoms with Gasteiger partial charge < -0.3 is 22.1 Å². The summed E-state index contributed by atoms with van der Waals surface area (Å²) in [5.41, 5.74) is 10.2. The Morgan fingerprint density at radius 1 is 1.30 bits per heavy atom. The van der Waals surface area contributed by atoms with Crippen molar-refractivity contribution in [2.75, 3.05) is 18.4 Å². The van der Waals surface area contributed by atoms with Crippen LogP contribution >= 0.6 is 12.4 Å². The SMILES string of the molecule is Cl.NCC(F)(F)CNC(=O)c1cccc(NC(N)=O)c1. The highest BCUT2D eigenvalue weighted by Crippen LogP contribution is 2.12. The molecule has 112 valence electrons. The van der Waals surface area contributed by atoms with Gasteiger partial charge in [0.15, 0.2) is 0 Å². The Labute approximate surface area is 120 Å². The van der Waals surface area contributed by atoms with Crippen molar-refractivity contribution >= 4 is 30.0 Å². The molecule has 0 bridgehead atoms. The number of nitrogens with two attached hydrogens (primary N) is 2. The van der Waals surface area contributed by atoms with E-state index in [1.165, 1.54) is 24.3 Å². The normalized spacial score (nSPS) is 10.3. The quantitative estimate of drug-likeness (QED) is 0.649. The summed E-state index contributed by atoms with van der Waals surface area (Å²) in [5.74, 6) is -3.85. The molecule has 0 saturated heterocycles. The molecule has 0 atom stereocenters. The number of carbonyl (C=O) groups is 2. The van der Waals surface area contributed by atoms with Gasteiger partial charge in [0.05, 0.1) is 13.1 Å². The summed E-state index contributed by atoms with van der Waals surface area (Å²) in [4.78, 5) is 22.3. The standard InChI is InChI=1S/C11H14F2N4O2.ClH/c12-11(13,5-14)6-16-9(18)7-2-1-3-8(4-7)17-10(15)19;/h1-4H,5-6,14H2,(H,16,18)(H3,15,17,19);1H. The lowest BCUT2D eigenvalue weighted by atomic mass is 10.2. The summed E-state index contributed by atoms with van der Waals surface area (Å²) in [5, 5.41) is 4.33. The van der Waals surface area contributed by atoms with Crippen molar-refractivity contribution in [3.63, 3.8) is 0 Å². The van der Waals surface area contributed by atoms with Crippen molar-refractivity contribution in [1.82, 2.24) is 5.32 Å². The van der Waals surface area contributed by atoms with E-state index in [0.29, 0.717) is 5.69 Å². The number of rotatable bonds is 5. The van der Waals surface area contributed by atoms with Gasteiger partial charge in [-0.15, -0.1) is 12.4 Å². The lowest BCUT2D eigenvalue weighted by Gasteiger charge is -2.14. The van der Waals surface area contributed by atoms with Gasteiger partial charge in [-0.1, -0.05) is 6.07 Å². The van der Waals surface area contributed by atoms with Gasteiger partial charge in [-0.3, -0.25) is 4.79 Å². The topological polar surface area (TPSA) is 110 Å². The molecule has 1 aromatic rings. The van der Waals surface area contributed by atoms with E-state index in [0.717, 1.165) is 0 Å². The third-order valence-electron chi connectivity index (χ3n) is 2.20. The molecule has 0 fully saturated rings. The van der Waals surface area contributed by atoms with E-state index < -0.39 is 31.0 Å². The van der Waals surface area contributed by atoms with E-state index >= 15 is 0 Å². The zero-order valence-corrected chi connectivity index (χ0v) is 11.2. The van der Waals surface area contributed by atoms with E-state index in [-0.39, 0.29) is 18.0 Å². The summed E-state index contributed by atoms with van der Waals surface area (Å²) in [6.07, 6.45) is 0. The molecule has 6 nitrogen and oxygen atoms in total. The Morgan fingerprint density at radius 2 is 1.95 bits per heavy atom. The number of benzene rings is 1. The molecular formula is C11H15ClF2N4O2. The fraction of sp³-hybridized carbons (Fsp3) is 0.273. The second-order valence-corrected chi connectivity index (χ2v) is 3.81. The molecule has 9 heteroatoms. The first-order valence-electron chi connectivity index (χ1n) is 5.37. The summed E-state index contributed by atoms with van der Waals surface area (Å²) in [6.45, 7) is -1.70. The molecule has 3 amide bonds. The van der Waals surface area contributed by atoms with Crippen LogP contribution in [0.5, 0.6) is 0 Å². The minimum absolute atomic E-state index is 0. The van der Waals surface area contributed by atoms with Gasteiger partial charge in [-0.05, 0) is 18.2 Å². The number of primary amides is 1. The van der Waals surface area contributed by atoms with Crippen LogP contribution in [0.3, 0.4) is 0 Å². The van der Waals surface area contributed by atoms with Crippen LogP contribution < -0.4 is 22.1 Å². The minimum Gasteiger partial charge on any atom is -0.351 e. The lowest BCUT2D eigenvalue weighted by Crippen LogP contribution is -2.41. The molecule has 0 saturated carbocycles. The number of hydrogen-bond acceptors (Lipinski definition) is 3. The summed E-state index contributed by atoms with van der Waals surface area (Å²) in [6, 6.07) is 4.95. The molecule has 0 unspecified atom stereocenters. The molecule has 0 aliphatic rings. The molecule has 0 heterocycles. The molecule has 0 aromatic heterocycles. The van der Waals surface area contributed by atoms with Crippen molar-refractivity contribution in [1.29, 1.82) is 0 Å². The van der Waals surface area contributed by atoms with Gasteiger partial charge in [0.2, 0.25) is 0 Å². The number of hydrogen-bond donors (Lipinski definition) is 4. The number of halogens is 3. The largest absolute Gasteiger partial charge is 0.351 e. The fourth-order valence-electron chi connectivity index (χ4n) is 1.26. The van der Waals surface area contributed by atoms with Crippen LogP contribution in [0.15, 0.2) is 24.3 Å². The van der Waals surface area contributed by atoms with Gasteiger partial charge in [-0.25, -0.2) is 13.6 Å². The van der Waals surface area contributed by atoms with Crippen LogP contribution in [-0.2, 0) is 0 Å². The molecule has 20 heavy (non-hydrogen) atoms. The minimum atomic E-state index is -3.15. The molecule has 0 spiro atoms.